The lowest BCUT2D eigenvalue weighted by atomic mass is 10.1. The summed E-state index contributed by atoms with van der Waals surface area (Å²) in [6.45, 7) is 0. The Morgan fingerprint density at radius 3 is 2.92 bits per heavy atom. The van der Waals surface area contributed by atoms with Crippen molar-refractivity contribution in [3.05, 3.63) is 39.8 Å². The van der Waals surface area contributed by atoms with E-state index in [4.69, 9.17) is 0 Å². The second-order valence-electron chi connectivity index (χ2n) is 5.87. The van der Waals surface area contributed by atoms with E-state index in [-0.39, 0.29) is 35.4 Å². The van der Waals surface area contributed by atoms with Gasteiger partial charge in [0.15, 0.2) is 15.0 Å². The van der Waals surface area contributed by atoms with E-state index >= 15 is 0 Å². The van der Waals surface area contributed by atoms with E-state index < -0.39 is 14.8 Å². The molecular weight excluding hydrogens is 366 g/mol. The fraction of sp³-hybridized carbons (Fsp3) is 0.333. The minimum Gasteiger partial charge on any atom is -0.302 e. The highest BCUT2D eigenvalue weighted by Crippen LogP contribution is 2.28. The largest absolute Gasteiger partial charge is 0.302 e. The number of rotatable bonds is 5. The summed E-state index contributed by atoms with van der Waals surface area (Å²) >= 11 is 1.21. The average molecular weight is 381 g/mol. The first kappa shape index (κ1) is 17.5. The molecule has 2 heterocycles. The molecule has 132 valence electrons. The van der Waals surface area contributed by atoms with Crippen molar-refractivity contribution in [2.45, 2.75) is 12.8 Å². The van der Waals surface area contributed by atoms with Crippen LogP contribution < -0.4 is 5.32 Å². The maximum Gasteiger partial charge on any atom is 0.270 e. The lowest BCUT2D eigenvalue weighted by molar-refractivity contribution is -0.384. The Morgan fingerprint density at radius 1 is 1.44 bits per heavy atom. The molecule has 0 bridgehead atoms. The minimum atomic E-state index is -3.01. The van der Waals surface area contributed by atoms with Gasteiger partial charge in [0.2, 0.25) is 5.91 Å². The van der Waals surface area contributed by atoms with Crippen molar-refractivity contribution >= 4 is 37.9 Å². The van der Waals surface area contributed by atoms with Crippen molar-refractivity contribution in [2.75, 3.05) is 16.8 Å². The average Bonchev–Trinajstić information content (AvgIpc) is 3.13. The number of benzene rings is 1. The Kier molecular flexibility index (Phi) is 4.82. The van der Waals surface area contributed by atoms with E-state index in [2.05, 4.69) is 10.3 Å². The molecule has 1 N–H and O–H groups in total. The molecule has 1 aromatic carbocycles. The number of carbonyl (C=O) groups is 1. The van der Waals surface area contributed by atoms with Gasteiger partial charge in [0.1, 0.15) is 0 Å². The molecule has 10 heteroatoms. The number of amides is 1. The van der Waals surface area contributed by atoms with Crippen LogP contribution in [0.1, 0.15) is 12.8 Å². The number of thiazole rings is 1. The monoisotopic (exact) mass is 381 g/mol. The van der Waals surface area contributed by atoms with Crippen molar-refractivity contribution in [1.82, 2.24) is 4.98 Å². The number of sulfone groups is 1. The smallest absolute Gasteiger partial charge is 0.270 e. The van der Waals surface area contributed by atoms with Gasteiger partial charge in [-0.2, -0.15) is 0 Å². The normalized spacial score (nSPS) is 18.8. The number of non-ortho nitro benzene ring substituents is 1. The highest BCUT2D eigenvalue weighted by atomic mass is 32.2. The summed E-state index contributed by atoms with van der Waals surface area (Å²) in [7, 11) is -3.01. The highest BCUT2D eigenvalue weighted by Gasteiger charge is 2.29. The fourth-order valence-corrected chi connectivity index (χ4v) is 5.31. The van der Waals surface area contributed by atoms with Crippen molar-refractivity contribution < 1.29 is 18.1 Å². The predicted molar refractivity (Wildman–Crippen MR) is 94.2 cm³/mol. The Hall–Kier alpha value is -2.33. The van der Waals surface area contributed by atoms with Gasteiger partial charge in [0.05, 0.1) is 22.1 Å². The van der Waals surface area contributed by atoms with E-state index in [1.807, 2.05) is 0 Å². The topological polar surface area (TPSA) is 119 Å². The molecule has 1 fully saturated rings. The second kappa shape index (κ2) is 6.89. The van der Waals surface area contributed by atoms with Gasteiger partial charge in [0, 0.05) is 29.5 Å². The molecule has 1 aliphatic heterocycles. The number of nitrogens with zero attached hydrogens (tertiary/aromatic N) is 2. The molecule has 25 heavy (non-hydrogen) atoms. The van der Waals surface area contributed by atoms with Crippen molar-refractivity contribution in [2.24, 2.45) is 5.92 Å². The maximum absolute atomic E-state index is 12.0. The zero-order chi connectivity index (χ0) is 18.0. The van der Waals surface area contributed by atoms with E-state index in [1.165, 1.54) is 23.5 Å². The number of nitro benzene ring substituents is 1. The SMILES string of the molecule is O=C(C[C@H]1CCS(=O)(=O)C1)Nc1nc(-c2cccc([N+](=O)[O-])c2)cs1. The van der Waals surface area contributed by atoms with Crippen LogP contribution in [0.2, 0.25) is 0 Å². The van der Waals surface area contributed by atoms with Crippen LogP contribution in [0.5, 0.6) is 0 Å². The van der Waals surface area contributed by atoms with Gasteiger partial charge in [-0.3, -0.25) is 14.9 Å². The van der Waals surface area contributed by atoms with Crippen LogP contribution in [0, 0.1) is 16.0 Å². The zero-order valence-corrected chi connectivity index (χ0v) is 14.7. The molecule has 0 saturated carbocycles. The maximum atomic E-state index is 12.0. The van der Waals surface area contributed by atoms with Crippen LogP contribution in [0.25, 0.3) is 11.3 Å². The third-order valence-corrected chi connectivity index (χ3v) is 6.50. The number of nitrogens with one attached hydrogen (secondary N) is 1. The first-order valence-corrected chi connectivity index (χ1v) is 10.2. The van der Waals surface area contributed by atoms with Crippen molar-refractivity contribution in [1.29, 1.82) is 0 Å². The van der Waals surface area contributed by atoms with Crippen LogP contribution in [-0.4, -0.2) is 35.7 Å². The summed E-state index contributed by atoms with van der Waals surface area (Å²) < 4.78 is 22.9. The summed E-state index contributed by atoms with van der Waals surface area (Å²) in [6.07, 6.45) is 0.650. The van der Waals surface area contributed by atoms with Crippen LogP contribution in [0.4, 0.5) is 10.8 Å². The number of nitro groups is 1. The van der Waals surface area contributed by atoms with Crippen LogP contribution >= 0.6 is 11.3 Å². The number of aromatic nitrogens is 1. The first-order chi connectivity index (χ1) is 11.8. The van der Waals surface area contributed by atoms with Crippen LogP contribution in [-0.2, 0) is 14.6 Å². The molecule has 8 nitrogen and oxygen atoms in total. The minimum absolute atomic E-state index is 0.0291. The number of hydrogen-bond acceptors (Lipinski definition) is 7. The predicted octanol–water partition coefficient (Wildman–Crippen LogP) is 2.48. The molecule has 1 amide bonds. The number of hydrogen-bond donors (Lipinski definition) is 1. The van der Waals surface area contributed by atoms with Crippen molar-refractivity contribution in [3.63, 3.8) is 0 Å². The lowest BCUT2D eigenvalue weighted by Gasteiger charge is -2.06. The third kappa shape index (κ3) is 4.40. The van der Waals surface area contributed by atoms with E-state index in [0.29, 0.717) is 22.8 Å². The summed E-state index contributed by atoms with van der Waals surface area (Å²) in [6, 6.07) is 6.10. The second-order valence-corrected chi connectivity index (χ2v) is 8.95. The lowest BCUT2D eigenvalue weighted by Crippen LogP contribution is -2.17. The zero-order valence-electron chi connectivity index (χ0n) is 13.0. The van der Waals surface area contributed by atoms with Gasteiger partial charge in [0.25, 0.3) is 5.69 Å². The summed E-state index contributed by atoms with van der Waals surface area (Å²) in [5.41, 5.74) is 1.10. The van der Waals surface area contributed by atoms with E-state index in [0.717, 1.165) is 0 Å². The quantitative estimate of drug-likeness (QED) is 0.628. The van der Waals surface area contributed by atoms with Crippen LogP contribution in [0.15, 0.2) is 29.6 Å². The molecule has 1 aliphatic rings. The third-order valence-electron chi connectivity index (χ3n) is 3.90. The summed E-state index contributed by atoms with van der Waals surface area (Å²) in [4.78, 5) is 26.7. The van der Waals surface area contributed by atoms with E-state index in [1.54, 1.807) is 17.5 Å². The molecule has 3 rings (SSSR count). The van der Waals surface area contributed by atoms with Gasteiger partial charge in [-0.25, -0.2) is 13.4 Å². The van der Waals surface area contributed by atoms with E-state index in [9.17, 15) is 23.3 Å². The number of carbonyl (C=O) groups excluding carboxylic acids is 1. The Bertz CT molecular complexity index is 923. The highest BCUT2D eigenvalue weighted by molar-refractivity contribution is 7.91. The Labute approximate surface area is 148 Å². The Balaban J connectivity index is 1.65. The van der Waals surface area contributed by atoms with Crippen LogP contribution in [0.3, 0.4) is 0 Å². The fourth-order valence-electron chi connectivity index (χ4n) is 2.71. The van der Waals surface area contributed by atoms with Gasteiger partial charge in [-0.15, -0.1) is 11.3 Å². The van der Waals surface area contributed by atoms with Gasteiger partial charge < -0.3 is 5.32 Å². The Morgan fingerprint density at radius 2 is 2.24 bits per heavy atom. The molecule has 0 radical (unpaired) electrons. The van der Waals surface area contributed by atoms with Gasteiger partial charge in [-0.1, -0.05) is 12.1 Å². The molecule has 2 aromatic rings. The molecule has 1 saturated heterocycles. The molecule has 0 unspecified atom stereocenters. The number of anilines is 1. The molecule has 1 aromatic heterocycles. The first-order valence-electron chi connectivity index (χ1n) is 7.53. The van der Waals surface area contributed by atoms with Gasteiger partial charge in [-0.05, 0) is 12.3 Å². The van der Waals surface area contributed by atoms with Gasteiger partial charge >= 0.3 is 0 Å². The molecule has 1 atom stereocenters. The summed E-state index contributed by atoms with van der Waals surface area (Å²) in [5.74, 6) is -0.237. The molecule has 0 spiro atoms. The molecule has 0 aliphatic carbocycles. The summed E-state index contributed by atoms with van der Waals surface area (Å²) in [5, 5.41) is 15.6. The van der Waals surface area contributed by atoms with Crippen molar-refractivity contribution in [3.8, 4) is 11.3 Å². The standard InChI is InChI=1S/C15H15N3O5S2/c19-14(6-10-4-5-25(22,23)9-10)17-15-16-13(8-24-15)11-2-1-3-12(7-11)18(20)21/h1-3,7-8,10H,4-6,9H2,(H,16,17,19)/t10-/m1/s1. The molecular formula is C15H15N3O5S2.